The van der Waals surface area contributed by atoms with Gasteiger partial charge in [0.05, 0.1) is 4.90 Å². The first-order valence-corrected chi connectivity index (χ1v) is 8.70. The number of sulfonamides is 1. The van der Waals surface area contributed by atoms with E-state index in [2.05, 4.69) is 4.72 Å². The van der Waals surface area contributed by atoms with Gasteiger partial charge in [-0.25, -0.2) is 17.5 Å². The van der Waals surface area contributed by atoms with Crippen LogP contribution in [-0.4, -0.2) is 38.4 Å². The van der Waals surface area contributed by atoms with Crippen molar-refractivity contribution in [1.29, 1.82) is 0 Å². The van der Waals surface area contributed by atoms with E-state index in [1.165, 1.54) is 26.0 Å². The molecule has 7 heteroatoms. The van der Waals surface area contributed by atoms with Crippen molar-refractivity contribution in [2.45, 2.75) is 45.1 Å². The fourth-order valence-corrected chi connectivity index (χ4v) is 3.18. The molecule has 0 aliphatic carbocycles. The summed E-state index contributed by atoms with van der Waals surface area (Å²) >= 11 is 0. The molecule has 5 nitrogen and oxygen atoms in total. The van der Waals surface area contributed by atoms with E-state index in [0.717, 1.165) is 12.5 Å². The summed E-state index contributed by atoms with van der Waals surface area (Å²) in [6.45, 7) is 7.26. The molecule has 1 amide bonds. The zero-order valence-corrected chi connectivity index (χ0v) is 14.2. The van der Waals surface area contributed by atoms with Crippen LogP contribution in [0.5, 0.6) is 0 Å². The van der Waals surface area contributed by atoms with Crippen LogP contribution in [0, 0.1) is 12.7 Å². The van der Waals surface area contributed by atoms with Crippen LogP contribution in [0.15, 0.2) is 23.1 Å². The van der Waals surface area contributed by atoms with Crippen molar-refractivity contribution in [2.24, 2.45) is 0 Å². The second-order valence-corrected chi connectivity index (χ2v) is 7.05. The number of nitrogens with zero attached hydrogens (tertiary/aromatic N) is 1. The summed E-state index contributed by atoms with van der Waals surface area (Å²) in [6, 6.07) is 3.69. The average Bonchev–Trinajstić information content (AvgIpc) is 2.45. The molecule has 1 aromatic rings. The predicted octanol–water partition coefficient (Wildman–Crippen LogP) is 2.06. The molecule has 1 N–H and O–H groups in total. The highest BCUT2D eigenvalue weighted by atomic mass is 32.2. The minimum atomic E-state index is -3.71. The smallest absolute Gasteiger partial charge is 0.240 e. The average molecular weight is 330 g/mol. The van der Waals surface area contributed by atoms with Crippen LogP contribution < -0.4 is 4.72 Å². The third kappa shape index (κ3) is 4.78. The molecule has 0 aliphatic heterocycles. The minimum Gasteiger partial charge on any atom is -0.339 e. The van der Waals surface area contributed by atoms with Gasteiger partial charge in [0.2, 0.25) is 15.9 Å². The van der Waals surface area contributed by atoms with Crippen molar-refractivity contribution in [3.05, 3.63) is 29.6 Å². The van der Waals surface area contributed by atoms with Crippen molar-refractivity contribution in [2.75, 3.05) is 13.1 Å². The summed E-state index contributed by atoms with van der Waals surface area (Å²) in [5, 5.41) is 0. The third-order valence-electron chi connectivity index (χ3n) is 3.61. The molecule has 0 aliphatic rings. The van der Waals surface area contributed by atoms with E-state index in [9.17, 15) is 17.6 Å². The zero-order valence-electron chi connectivity index (χ0n) is 13.4. The Morgan fingerprint density at radius 3 is 2.55 bits per heavy atom. The molecule has 22 heavy (non-hydrogen) atoms. The Labute approximate surface area is 131 Å². The van der Waals surface area contributed by atoms with Gasteiger partial charge in [0, 0.05) is 26.1 Å². The summed E-state index contributed by atoms with van der Waals surface area (Å²) in [5.41, 5.74) is 0.271. The Kier molecular flexibility index (Phi) is 6.49. The highest BCUT2D eigenvalue weighted by Gasteiger charge is 2.18. The van der Waals surface area contributed by atoms with Gasteiger partial charge in [0.1, 0.15) is 5.82 Å². The quantitative estimate of drug-likeness (QED) is 0.832. The molecular weight excluding hydrogens is 307 g/mol. The Morgan fingerprint density at radius 1 is 1.41 bits per heavy atom. The van der Waals surface area contributed by atoms with Crippen molar-refractivity contribution >= 4 is 15.9 Å². The van der Waals surface area contributed by atoms with Gasteiger partial charge in [-0.3, -0.25) is 4.79 Å². The van der Waals surface area contributed by atoms with E-state index in [-0.39, 0.29) is 29.0 Å². The van der Waals surface area contributed by atoms with Crippen LogP contribution in [0.25, 0.3) is 0 Å². The normalized spacial score (nSPS) is 13.0. The highest BCUT2D eigenvalue weighted by molar-refractivity contribution is 7.89. The summed E-state index contributed by atoms with van der Waals surface area (Å²) in [6.07, 6.45) is 0.795. The SMILES string of the molecule is CCC(C)N(CCNS(=O)(=O)c1ccc(F)c(C)c1)C(C)=O. The van der Waals surface area contributed by atoms with Crippen LogP contribution >= 0.6 is 0 Å². The first-order chi connectivity index (χ1) is 10.2. The largest absolute Gasteiger partial charge is 0.339 e. The Bertz CT molecular complexity index is 632. The van der Waals surface area contributed by atoms with Crippen LogP contribution in [0.3, 0.4) is 0 Å². The molecule has 0 heterocycles. The lowest BCUT2D eigenvalue weighted by Gasteiger charge is -2.27. The molecule has 0 radical (unpaired) electrons. The van der Waals surface area contributed by atoms with Gasteiger partial charge >= 0.3 is 0 Å². The van der Waals surface area contributed by atoms with Crippen LogP contribution in [0.4, 0.5) is 4.39 Å². The topological polar surface area (TPSA) is 66.5 Å². The fourth-order valence-electron chi connectivity index (χ4n) is 2.08. The van der Waals surface area contributed by atoms with Gasteiger partial charge in [-0.2, -0.15) is 0 Å². The van der Waals surface area contributed by atoms with Gasteiger partial charge in [0.25, 0.3) is 0 Å². The first kappa shape index (κ1) is 18.6. The number of rotatable bonds is 7. The summed E-state index contributed by atoms with van der Waals surface area (Å²) in [4.78, 5) is 13.2. The van der Waals surface area contributed by atoms with Crippen molar-refractivity contribution in [1.82, 2.24) is 9.62 Å². The van der Waals surface area contributed by atoms with Gasteiger partial charge in [-0.15, -0.1) is 0 Å². The molecule has 0 saturated heterocycles. The second kappa shape index (κ2) is 7.69. The van der Waals surface area contributed by atoms with E-state index in [1.54, 1.807) is 4.90 Å². The molecule has 0 spiro atoms. The van der Waals surface area contributed by atoms with Crippen LogP contribution in [0.2, 0.25) is 0 Å². The van der Waals surface area contributed by atoms with E-state index < -0.39 is 15.8 Å². The molecule has 1 unspecified atom stereocenters. The van der Waals surface area contributed by atoms with E-state index in [1.807, 2.05) is 13.8 Å². The number of nitrogens with one attached hydrogen (secondary N) is 1. The Hall–Kier alpha value is -1.47. The van der Waals surface area contributed by atoms with Crippen LogP contribution in [-0.2, 0) is 14.8 Å². The van der Waals surface area contributed by atoms with Gasteiger partial charge in [-0.1, -0.05) is 6.92 Å². The fraction of sp³-hybridized carbons (Fsp3) is 0.533. The first-order valence-electron chi connectivity index (χ1n) is 7.22. The van der Waals surface area contributed by atoms with Crippen molar-refractivity contribution in [3.8, 4) is 0 Å². The lowest BCUT2D eigenvalue weighted by Crippen LogP contribution is -2.42. The lowest BCUT2D eigenvalue weighted by atomic mass is 10.2. The Balaban J connectivity index is 2.73. The molecule has 1 rings (SSSR count). The number of aryl methyl sites for hydroxylation is 1. The number of hydrogen-bond donors (Lipinski definition) is 1. The van der Waals surface area contributed by atoms with E-state index in [0.29, 0.717) is 6.54 Å². The molecule has 0 saturated carbocycles. The maximum Gasteiger partial charge on any atom is 0.240 e. The van der Waals surface area contributed by atoms with Gasteiger partial charge < -0.3 is 4.90 Å². The van der Waals surface area contributed by atoms with Crippen molar-refractivity contribution in [3.63, 3.8) is 0 Å². The third-order valence-corrected chi connectivity index (χ3v) is 5.07. The maximum absolute atomic E-state index is 13.2. The van der Waals surface area contributed by atoms with Crippen molar-refractivity contribution < 1.29 is 17.6 Å². The molecule has 1 atom stereocenters. The second-order valence-electron chi connectivity index (χ2n) is 5.28. The number of amides is 1. The number of benzene rings is 1. The number of halogens is 1. The molecule has 1 aromatic carbocycles. The molecule has 0 aromatic heterocycles. The van der Waals surface area contributed by atoms with Gasteiger partial charge in [-0.05, 0) is 44.0 Å². The van der Waals surface area contributed by atoms with E-state index >= 15 is 0 Å². The zero-order chi connectivity index (χ0) is 16.9. The monoisotopic (exact) mass is 330 g/mol. The summed E-state index contributed by atoms with van der Waals surface area (Å²) in [7, 11) is -3.71. The van der Waals surface area contributed by atoms with E-state index in [4.69, 9.17) is 0 Å². The number of carbonyl (C=O) groups excluding carboxylic acids is 1. The molecular formula is C15H23FN2O3S. The van der Waals surface area contributed by atoms with Crippen LogP contribution in [0.1, 0.15) is 32.8 Å². The maximum atomic E-state index is 13.2. The predicted molar refractivity (Wildman–Crippen MR) is 83.5 cm³/mol. The number of hydrogen-bond acceptors (Lipinski definition) is 3. The minimum absolute atomic E-state index is 0.0179. The number of carbonyl (C=O) groups is 1. The summed E-state index contributed by atoms with van der Waals surface area (Å²) in [5.74, 6) is -0.537. The summed E-state index contributed by atoms with van der Waals surface area (Å²) < 4.78 is 39.9. The molecule has 124 valence electrons. The molecule has 0 bridgehead atoms. The Morgan fingerprint density at radius 2 is 2.05 bits per heavy atom. The molecule has 0 fully saturated rings. The highest BCUT2D eigenvalue weighted by Crippen LogP contribution is 2.14. The standard InChI is InChI=1S/C15H23FN2O3S/c1-5-12(3)18(13(4)19)9-8-17-22(20,21)14-6-7-15(16)11(2)10-14/h6-7,10,12,17H,5,8-9H2,1-4H3. The van der Waals surface area contributed by atoms with Gasteiger partial charge in [0.15, 0.2) is 0 Å². The lowest BCUT2D eigenvalue weighted by molar-refractivity contribution is -0.130.